The van der Waals surface area contributed by atoms with Crippen molar-refractivity contribution in [1.29, 1.82) is 0 Å². The lowest BCUT2D eigenvalue weighted by atomic mass is 9.90. The molecule has 0 unspecified atom stereocenters. The summed E-state index contributed by atoms with van der Waals surface area (Å²) in [4.78, 5) is 29.6. The molecule has 192 valence electrons. The number of fused-ring (bicyclic) bond motifs is 1. The standard InChI is InChI=1S/C27H26FN3O6/c1-15-2-8-20(22(32)10-15)25(33)30-17-3-5-18(6-4-17)31-26(34)21-11-16(28)13-29-27(21)37-19-7-9-23-24(12-19)36-14-35-23/h2,7-13,17-18,32H,3-6,14H2,1H3,(H,30,33)(H,31,34). The van der Waals surface area contributed by atoms with Gasteiger partial charge in [0.15, 0.2) is 11.5 Å². The fraction of sp³-hybridized carbons (Fsp3) is 0.296. The number of phenolic OH excluding ortho intramolecular Hbond substituents is 1. The molecule has 0 atom stereocenters. The van der Waals surface area contributed by atoms with Crippen molar-refractivity contribution in [3.8, 4) is 28.9 Å². The van der Waals surface area contributed by atoms with Crippen LogP contribution in [0.15, 0.2) is 48.7 Å². The molecule has 1 aliphatic heterocycles. The highest BCUT2D eigenvalue weighted by Gasteiger charge is 2.26. The molecule has 0 saturated heterocycles. The van der Waals surface area contributed by atoms with Gasteiger partial charge in [-0.15, -0.1) is 0 Å². The van der Waals surface area contributed by atoms with Crippen LogP contribution < -0.4 is 24.8 Å². The van der Waals surface area contributed by atoms with Crippen molar-refractivity contribution in [1.82, 2.24) is 15.6 Å². The first-order chi connectivity index (χ1) is 17.9. The highest BCUT2D eigenvalue weighted by molar-refractivity contribution is 5.97. The first-order valence-electron chi connectivity index (χ1n) is 12.0. The van der Waals surface area contributed by atoms with E-state index in [4.69, 9.17) is 14.2 Å². The zero-order valence-corrected chi connectivity index (χ0v) is 20.1. The maximum atomic E-state index is 14.0. The Hall–Kier alpha value is -4.34. The number of phenols is 1. The molecule has 0 spiro atoms. The maximum Gasteiger partial charge on any atom is 0.257 e. The SMILES string of the molecule is Cc1ccc(C(=O)NC2CCC(NC(=O)c3cc(F)cnc3Oc3ccc4c(c3)OCO4)CC2)c(O)c1. The molecule has 37 heavy (non-hydrogen) atoms. The summed E-state index contributed by atoms with van der Waals surface area (Å²) in [6, 6.07) is 10.7. The van der Waals surface area contributed by atoms with E-state index in [0.717, 1.165) is 17.8 Å². The molecule has 0 radical (unpaired) electrons. The topological polar surface area (TPSA) is 119 Å². The minimum Gasteiger partial charge on any atom is -0.507 e. The molecule has 1 aliphatic carbocycles. The Kier molecular flexibility index (Phi) is 6.80. The monoisotopic (exact) mass is 507 g/mol. The lowest BCUT2D eigenvalue weighted by Gasteiger charge is -2.30. The number of nitrogens with one attached hydrogen (secondary N) is 2. The number of aryl methyl sites for hydroxylation is 1. The van der Waals surface area contributed by atoms with E-state index in [9.17, 15) is 19.1 Å². The second-order valence-corrected chi connectivity index (χ2v) is 9.14. The number of hydrogen-bond donors (Lipinski definition) is 3. The summed E-state index contributed by atoms with van der Waals surface area (Å²) >= 11 is 0. The lowest BCUT2D eigenvalue weighted by Crippen LogP contribution is -2.43. The van der Waals surface area contributed by atoms with Crippen molar-refractivity contribution in [3.63, 3.8) is 0 Å². The van der Waals surface area contributed by atoms with E-state index in [-0.39, 0.29) is 47.5 Å². The van der Waals surface area contributed by atoms with Crippen LogP contribution in [0.2, 0.25) is 0 Å². The number of carbonyl (C=O) groups excluding carboxylic acids is 2. The van der Waals surface area contributed by atoms with Crippen LogP contribution in [0.3, 0.4) is 0 Å². The predicted octanol–water partition coefficient (Wildman–Crippen LogP) is 4.23. The number of aromatic nitrogens is 1. The van der Waals surface area contributed by atoms with Crippen LogP contribution in [-0.2, 0) is 0 Å². The summed E-state index contributed by atoms with van der Waals surface area (Å²) in [5.74, 6) is -0.118. The molecule has 3 N–H and O–H groups in total. The summed E-state index contributed by atoms with van der Waals surface area (Å²) in [6.45, 7) is 1.95. The summed E-state index contributed by atoms with van der Waals surface area (Å²) < 4.78 is 30.4. The van der Waals surface area contributed by atoms with Gasteiger partial charge in [0.2, 0.25) is 12.7 Å². The van der Waals surface area contributed by atoms with Crippen molar-refractivity contribution in [2.45, 2.75) is 44.7 Å². The van der Waals surface area contributed by atoms with Gasteiger partial charge in [0.25, 0.3) is 11.8 Å². The Morgan fingerprint density at radius 3 is 2.32 bits per heavy atom. The number of pyridine rings is 1. The van der Waals surface area contributed by atoms with Crippen LogP contribution in [0.5, 0.6) is 28.9 Å². The van der Waals surface area contributed by atoms with Crippen molar-refractivity contribution in [2.75, 3.05) is 6.79 Å². The molecule has 1 fully saturated rings. The van der Waals surface area contributed by atoms with Crippen molar-refractivity contribution >= 4 is 11.8 Å². The molecular formula is C27H26FN3O6. The van der Waals surface area contributed by atoms with E-state index in [1.165, 1.54) is 0 Å². The van der Waals surface area contributed by atoms with Gasteiger partial charge in [0, 0.05) is 18.2 Å². The lowest BCUT2D eigenvalue weighted by molar-refractivity contribution is 0.0888. The molecule has 5 rings (SSSR count). The molecular weight excluding hydrogens is 481 g/mol. The van der Waals surface area contributed by atoms with Gasteiger partial charge in [-0.25, -0.2) is 9.37 Å². The van der Waals surface area contributed by atoms with Crippen molar-refractivity contribution < 1.29 is 33.3 Å². The Bertz CT molecular complexity index is 1340. The Balaban J connectivity index is 1.19. The van der Waals surface area contributed by atoms with Crippen LogP contribution in [0.25, 0.3) is 0 Å². The smallest absolute Gasteiger partial charge is 0.257 e. The van der Waals surface area contributed by atoms with Gasteiger partial charge in [0.1, 0.15) is 22.9 Å². The maximum absolute atomic E-state index is 14.0. The molecule has 2 amide bonds. The number of aromatic hydroxyl groups is 1. The third kappa shape index (κ3) is 5.58. The van der Waals surface area contributed by atoms with Crippen LogP contribution in [0, 0.1) is 12.7 Å². The quantitative estimate of drug-likeness (QED) is 0.457. The highest BCUT2D eigenvalue weighted by atomic mass is 19.1. The molecule has 1 saturated carbocycles. The summed E-state index contributed by atoms with van der Waals surface area (Å²) in [5, 5.41) is 15.9. The fourth-order valence-corrected chi connectivity index (χ4v) is 4.46. The van der Waals surface area contributed by atoms with Gasteiger partial charge in [-0.05, 0) is 68.5 Å². The molecule has 2 aromatic carbocycles. The van der Waals surface area contributed by atoms with E-state index in [2.05, 4.69) is 15.6 Å². The van der Waals surface area contributed by atoms with E-state index in [1.54, 1.807) is 36.4 Å². The second-order valence-electron chi connectivity index (χ2n) is 9.14. The number of nitrogens with zero attached hydrogens (tertiary/aromatic N) is 1. The fourth-order valence-electron chi connectivity index (χ4n) is 4.46. The number of benzene rings is 2. The number of halogens is 1. The second kappa shape index (κ2) is 10.3. The summed E-state index contributed by atoms with van der Waals surface area (Å²) in [7, 11) is 0. The zero-order valence-electron chi connectivity index (χ0n) is 20.1. The summed E-state index contributed by atoms with van der Waals surface area (Å²) in [5.41, 5.74) is 1.07. The van der Waals surface area contributed by atoms with Crippen LogP contribution in [0.4, 0.5) is 4.39 Å². The van der Waals surface area contributed by atoms with Crippen molar-refractivity contribution in [2.24, 2.45) is 0 Å². The normalized spacial score (nSPS) is 18.2. The van der Waals surface area contributed by atoms with Crippen LogP contribution in [0.1, 0.15) is 52.0 Å². The Morgan fingerprint density at radius 1 is 0.946 bits per heavy atom. The van der Waals surface area contributed by atoms with Crippen molar-refractivity contribution in [3.05, 3.63) is 71.2 Å². The average molecular weight is 508 g/mol. The number of hydrogen-bond acceptors (Lipinski definition) is 7. The number of ether oxygens (including phenoxy) is 3. The van der Waals surface area contributed by atoms with Gasteiger partial charge >= 0.3 is 0 Å². The van der Waals surface area contributed by atoms with Gasteiger partial charge < -0.3 is 30.0 Å². The average Bonchev–Trinajstić information content (AvgIpc) is 3.34. The molecule has 0 bridgehead atoms. The molecule has 3 aromatic rings. The molecule has 1 aromatic heterocycles. The largest absolute Gasteiger partial charge is 0.507 e. The minimum absolute atomic E-state index is 0.0251. The van der Waals surface area contributed by atoms with E-state index < -0.39 is 11.7 Å². The van der Waals surface area contributed by atoms with Crippen LogP contribution in [-0.4, -0.2) is 40.8 Å². The number of carbonyl (C=O) groups is 2. The van der Waals surface area contributed by atoms with E-state index in [0.29, 0.717) is 42.9 Å². The van der Waals surface area contributed by atoms with E-state index in [1.807, 2.05) is 6.92 Å². The molecule has 2 aliphatic rings. The first kappa shape index (κ1) is 24.4. The van der Waals surface area contributed by atoms with Gasteiger partial charge in [-0.2, -0.15) is 0 Å². The Labute approximate surface area is 212 Å². The van der Waals surface area contributed by atoms with Gasteiger partial charge in [0.05, 0.1) is 11.8 Å². The van der Waals surface area contributed by atoms with Gasteiger partial charge in [-0.3, -0.25) is 9.59 Å². The molecule has 2 heterocycles. The van der Waals surface area contributed by atoms with E-state index >= 15 is 0 Å². The minimum atomic E-state index is -0.658. The van der Waals surface area contributed by atoms with Crippen LogP contribution >= 0.6 is 0 Å². The predicted molar refractivity (Wildman–Crippen MR) is 131 cm³/mol. The first-order valence-corrected chi connectivity index (χ1v) is 12.0. The van der Waals surface area contributed by atoms with Gasteiger partial charge in [-0.1, -0.05) is 6.07 Å². The number of rotatable bonds is 6. The molecule has 10 heteroatoms. The summed E-state index contributed by atoms with van der Waals surface area (Å²) in [6.07, 6.45) is 3.52. The number of amides is 2. The third-order valence-electron chi connectivity index (χ3n) is 6.42. The molecule has 9 nitrogen and oxygen atoms in total. The zero-order chi connectivity index (χ0) is 25.9. The Morgan fingerprint density at radius 2 is 1.62 bits per heavy atom. The third-order valence-corrected chi connectivity index (χ3v) is 6.42. The highest BCUT2D eigenvalue weighted by Crippen LogP contribution is 2.37.